The van der Waals surface area contributed by atoms with Crippen LogP contribution < -0.4 is 5.32 Å². The van der Waals surface area contributed by atoms with Crippen LogP contribution >= 0.6 is 0 Å². The highest BCUT2D eigenvalue weighted by Crippen LogP contribution is 2.39. The number of allylic oxidation sites excluding steroid dienone is 1. The number of rotatable bonds is 9. The van der Waals surface area contributed by atoms with Gasteiger partial charge >= 0.3 is 12.1 Å². The van der Waals surface area contributed by atoms with Crippen molar-refractivity contribution in [1.82, 2.24) is 20.3 Å². The predicted octanol–water partition coefficient (Wildman–Crippen LogP) is 4.26. The van der Waals surface area contributed by atoms with Crippen LogP contribution in [-0.2, 0) is 22.2 Å². The van der Waals surface area contributed by atoms with Crippen LogP contribution in [0.2, 0.25) is 0 Å². The lowest BCUT2D eigenvalue weighted by molar-refractivity contribution is -0.139. The number of carboxylic acids is 1. The van der Waals surface area contributed by atoms with Crippen molar-refractivity contribution < 1.29 is 27.9 Å². The van der Waals surface area contributed by atoms with Crippen LogP contribution in [-0.4, -0.2) is 43.7 Å². The standard InChI is InChI=1S/C27H24F3N5O3/c1-16-14-32-23(33-15-16)10-9-17(12-24(36)37)34-26(38)22-13-19(25(35-22)21-8-4-5-11-31-21)18-6-2-3-7-20(18)27(28,29)30/h2-8,11,13-15,17,19H,9-10,12H2,1H3,(H,34,38)(H,36,37)/t17-,19?/m0/s1. The van der Waals surface area contributed by atoms with Gasteiger partial charge in [0, 0.05) is 37.0 Å². The third kappa shape index (κ3) is 6.47. The molecule has 38 heavy (non-hydrogen) atoms. The molecule has 0 spiro atoms. The Morgan fingerprint density at radius 1 is 1.05 bits per heavy atom. The lowest BCUT2D eigenvalue weighted by Gasteiger charge is -2.18. The first-order valence-electron chi connectivity index (χ1n) is 11.8. The van der Waals surface area contributed by atoms with Crippen LogP contribution in [0.5, 0.6) is 0 Å². The largest absolute Gasteiger partial charge is 0.481 e. The Balaban J connectivity index is 1.62. The molecule has 8 nitrogen and oxygen atoms in total. The number of aliphatic imine (C=N–C) groups is 1. The first-order chi connectivity index (χ1) is 18.1. The zero-order valence-electron chi connectivity index (χ0n) is 20.3. The van der Waals surface area contributed by atoms with Gasteiger partial charge in [0.1, 0.15) is 11.5 Å². The molecule has 2 atom stereocenters. The molecule has 1 aliphatic rings. The molecule has 4 rings (SSSR count). The number of hydrogen-bond donors (Lipinski definition) is 2. The predicted molar refractivity (Wildman–Crippen MR) is 132 cm³/mol. The molecule has 0 bridgehead atoms. The van der Waals surface area contributed by atoms with E-state index in [9.17, 15) is 27.9 Å². The Morgan fingerprint density at radius 2 is 1.76 bits per heavy atom. The fraction of sp³-hybridized carbons (Fsp3) is 0.259. The third-order valence-electron chi connectivity index (χ3n) is 5.93. The van der Waals surface area contributed by atoms with Crippen LogP contribution in [0.3, 0.4) is 0 Å². The van der Waals surface area contributed by atoms with Gasteiger partial charge < -0.3 is 10.4 Å². The molecule has 3 heterocycles. The van der Waals surface area contributed by atoms with Crippen LogP contribution in [0, 0.1) is 6.92 Å². The second-order valence-electron chi connectivity index (χ2n) is 8.81. The maximum Gasteiger partial charge on any atom is 0.416 e. The maximum atomic E-state index is 13.8. The van der Waals surface area contributed by atoms with E-state index >= 15 is 0 Å². The summed E-state index contributed by atoms with van der Waals surface area (Å²) in [6.45, 7) is 1.84. The summed E-state index contributed by atoms with van der Waals surface area (Å²) in [7, 11) is 0. The average molecular weight is 524 g/mol. The smallest absolute Gasteiger partial charge is 0.416 e. The number of nitrogens with one attached hydrogen (secondary N) is 1. The molecule has 0 aliphatic carbocycles. The van der Waals surface area contributed by atoms with Crippen molar-refractivity contribution in [2.45, 2.75) is 44.3 Å². The van der Waals surface area contributed by atoms with E-state index in [0.717, 1.165) is 11.6 Å². The highest BCUT2D eigenvalue weighted by molar-refractivity contribution is 6.11. The van der Waals surface area contributed by atoms with Gasteiger partial charge in [-0.25, -0.2) is 15.0 Å². The number of aryl methyl sites for hydroxylation is 2. The second-order valence-corrected chi connectivity index (χ2v) is 8.81. The minimum absolute atomic E-state index is 0.0641. The van der Waals surface area contributed by atoms with Gasteiger partial charge in [0.05, 0.1) is 23.4 Å². The number of halogens is 3. The zero-order valence-corrected chi connectivity index (χ0v) is 20.3. The van der Waals surface area contributed by atoms with Crippen molar-refractivity contribution in [1.29, 1.82) is 0 Å². The molecule has 3 aromatic rings. The fourth-order valence-corrected chi connectivity index (χ4v) is 4.14. The lowest BCUT2D eigenvalue weighted by atomic mass is 9.89. The molecule has 0 saturated heterocycles. The van der Waals surface area contributed by atoms with Crippen LogP contribution in [0.4, 0.5) is 13.2 Å². The molecule has 196 valence electrons. The Morgan fingerprint density at radius 3 is 2.42 bits per heavy atom. The van der Waals surface area contributed by atoms with Crippen molar-refractivity contribution >= 4 is 17.6 Å². The summed E-state index contributed by atoms with van der Waals surface area (Å²) >= 11 is 0. The minimum Gasteiger partial charge on any atom is -0.481 e. The van der Waals surface area contributed by atoms with Crippen LogP contribution in [0.1, 0.15) is 47.0 Å². The number of carbonyl (C=O) groups excluding carboxylic acids is 1. The van der Waals surface area contributed by atoms with Gasteiger partial charge in [-0.05, 0) is 48.7 Å². The summed E-state index contributed by atoms with van der Waals surface area (Å²) in [6, 6.07) is 9.27. The molecule has 1 unspecified atom stereocenters. The number of aliphatic carboxylic acids is 1. The molecular formula is C27H24F3N5O3. The van der Waals surface area contributed by atoms with E-state index < -0.39 is 35.6 Å². The average Bonchev–Trinajstić information content (AvgIpc) is 3.34. The van der Waals surface area contributed by atoms with Gasteiger partial charge in [-0.3, -0.25) is 14.6 Å². The Bertz CT molecular complexity index is 1370. The molecule has 1 aromatic carbocycles. The van der Waals surface area contributed by atoms with Crippen molar-refractivity contribution in [2.75, 3.05) is 0 Å². The highest BCUT2D eigenvalue weighted by Gasteiger charge is 2.38. The van der Waals surface area contributed by atoms with E-state index in [0.29, 0.717) is 17.9 Å². The first-order valence-corrected chi connectivity index (χ1v) is 11.8. The monoisotopic (exact) mass is 523 g/mol. The van der Waals surface area contributed by atoms with E-state index in [1.807, 2.05) is 6.92 Å². The van der Waals surface area contributed by atoms with E-state index in [1.165, 1.54) is 30.5 Å². The Hall–Kier alpha value is -4.41. The SMILES string of the molecule is Cc1cnc(CC[C@@H](CC(=O)O)NC(=O)C2=CC(c3ccccc3C(F)(F)F)C(c3ccccn3)=N2)nc1. The van der Waals surface area contributed by atoms with E-state index in [4.69, 9.17) is 0 Å². The topological polar surface area (TPSA) is 117 Å². The number of hydrogen-bond acceptors (Lipinski definition) is 6. The number of benzene rings is 1. The van der Waals surface area contributed by atoms with Crippen LogP contribution in [0.15, 0.2) is 77.8 Å². The second kappa shape index (κ2) is 11.3. The van der Waals surface area contributed by atoms with Crippen molar-refractivity contribution in [3.8, 4) is 0 Å². The van der Waals surface area contributed by atoms with Crippen molar-refractivity contribution in [3.63, 3.8) is 0 Å². The van der Waals surface area contributed by atoms with E-state index in [1.54, 1.807) is 30.6 Å². The van der Waals surface area contributed by atoms with Gasteiger partial charge in [0.2, 0.25) is 0 Å². The molecule has 2 aromatic heterocycles. The van der Waals surface area contributed by atoms with Gasteiger partial charge in [-0.2, -0.15) is 13.2 Å². The first kappa shape index (κ1) is 26.6. The summed E-state index contributed by atoms with van der Waals surface area (Å²) in [5.74, 6) is -2.29. The van der Waals surface area contributed by atoms with Gasteiger partial charge in [-0.15, -0.1) is 0 Å². The molecule has 1 aliphatic heterocycles. The van der Waals surface area contributed by atoms with E-state index in [2.05, 4.69) is 25.3 Å². The van der Waals surface area contributed by atoms with Gasteiger partial charge in [0.15, 0.2) is 0 Å². The normalized spacial score (nSPS) is 15.9. The van der Waals surface area contributed by atoms with Crippen LogP contribution in [0.25, 0.3) is 0 Å². The number of carbonyl (C=O) groups is 2. The van der Waals surface area contributed by atoms with E-state index in [-0.39, 0.29) is 29.8 Å². The lowest BCUT2D eigenvalue weighted by Crippen LogP contribution is -2.37. The molecule has 0 radical (unpaired) electrons. The molecule has 0 saturated carbocycles. The number of nitrogens with zero attached hydrogens (tertiary/aromatic N) is 4. The van der Waals surface area contributed by atoms with Gasteiger partial charge in [0.25, 0.3) is 5.91 Å². The van der Waals surface area contributed by atoms with Gasteiger partial charge in [-0.1, -0.05) is 24.3 Å². The molecule has 11 heteroatoms. The number of carboxylic acid groups (broad SMARTS) is 1. The minimum atomic E-state index is -4.62. The summed E-state index contributed by atoms with van der Waals surface area (Å²) in [6.07, 6.45) is 1.71. The van der Waals surface area contributed by atoms with Crippen molar-refractivity contribution in [3.05, 3.63) is 101 Å². The number of aromatic nitrogens is 3. The fourth-order valence-electron chi connectivity index (χ4n) is 4.14. The Labute approximate surface area is 216 Å². The third-order valence-corrected chi connectivity index (χ3v) is 5.93. The summed E-state index contributed by atoms with van der Waals surface area (Å²) in [5, 5.41) is 12.0. The van der Waals surface area contributed by atoms with Crippen molar-refractivity contribution in [2.24, 2.45) is 4.99 Å². The molecule has 0 fully saturated rings. The number of alkyl halides is 3. The quantitative estimate of drug-likeness (QED) is 0.433. The highest BCUT2D eigenvalue weighted by atomic mass is 19.4. The maximum absolute atomic E-state index is 13.8. The zero-order chi connectivity index (χ0) is 27.3. The summed E-state index contributed by atoms with van der Waals surface area (Å²) < 4.78 is 41.4. The number of amides is 1. The summed E-state index contributed by atoms with van der Waals surface area (Å²) in [4.78, 5) is 41.6. The summed E-state index contributed by atoms with van der Waals surface area (Å²) in [5.41, 5.74) is 0.372. The Kier molecular flexibility index (Phi) is 7.94. The molecule has 1 amide bonds. The molecule has 2 N–H and O–H groups in total. The number of pyridine rings is 1. The molecular weight excluding hydrogens is 499 g/mol.